The summed E-state index contributed by atoms with van der Waals surface area (Å²) in [5.74, 6) is -1.06. The van der Waals surface area contributed by atoms with Gasteiger partial charge in [0.2, 0.25) is 0 Å². The van der Waals surface area contributed by atoms with Crippen molar-refractivity contribution >= 4 is 5.96 Å². The molecule has 4 N–H and O–H groups in total. The van der Waals surface area contributed by atoms with E-state index in [1.165, 1.54) is 7.05 Å². The number of nitrogens with two attached hydrogens (primary N) is 1. The number of hydrogen-bond donors (Lipinski definition) is 3. The number of guanidine groups is 1. The summed E-state index contributed by atoms with van der Waals surface area (Å²) in [6.07, 6.45) is -4.54. The lowest BCUT2D eigenvalue weighted by Crippen LogP contribution is -2.31. The van der Waals surface area contributed by atoms with E-state index in [-0.39, 0.29) is 18.3 Å². The molecular weight excluding hydrogens is 213 g/mol. The lowest BCUT2D eigenvalue weighted by Gasteiger charge is -2.00. The van der Waals surface area contributed by atoms with Crippen LogP contribution in [0.2, 0.25) is 0 Å². The maximum atomic E-state index is 12.1. The minimum absolute atomic E-state index is 0.00620. The van der Waals surface area contributed by atoms with E-state index in [0.717, 1.165) is 0 Å². The molecule has 0 atom stereocenters. The van der Waals surface area contributed by atoms with Gasteiger partial charge in [0.25, 0.3) is 5.82 Å². The molecule has 0 unspecified atom stereocenters. The Hall–Kier alpha value is -1.80. The predicted molar refractivity (Wildman–Crippen MR) is 45.8 cm³/mol. The quantitative estimate of drug-likeness (QED) is 0.479. The summed E-state index contributed by atoms with van der Waals surface area (Å²) in [5.41, 5.74) is 5.27. The van der Waals surface area contributed by atoms with Crippen molar-refractivity contribution in [3.8, 4) is 0 Å². The van der Waals surface area contributed by atoms with E-state index in [2.05, 4.69) is 25.5 Å². The SMILES string of the molecule is CN=C(N)NCc1nc(C(F)(F)F)n[nH]1. The van der Waals surface area contributed by atoms with Crippen molar-refractivity contribution in [1.29, 1.82) is 0 Å². The molecule has 84 valence electrons. The van der Waals surface area contributed by atoms with Gasteiger partial charge in [0.15, 0.2) is 5.96 Å². The van der Waals surface area contributed by atoms with Crippen molar-refractivity contribution in [2.75, 3.05) is 7.05 Å². The summed E-state index contributed by atoms with van der Waals surface area (Å²) >= 11 is 0. The van der Waals surface area contributed by atoms with E-state index in [1.807, 2.05) is 0 Å². The highest BCUT2D eigenvalue weighted by molar-refractivity contribution is 5.77. The van der Waals surface area contributed by atoms with Gasteiger partial charge >= 0.3 is 6.18 Å². The summed E-state index contributed by atoms with van der Waals surface area (Å²) < 4.78 is 36.2. The molecule has 0 saturated carbocycles. The van der Waals surface area contributed by atoms with Crippen molar-refractivity contribution in [3.05, 3.63) is 11.6 Å². The molecule has 0 fully saturated rings. The molecule has 15 heavy (non-hydrogen) atoms. The van der Waals surface area contributed by atoms with Gasteiger partial charge in [-0.2, -0.15) is 13.2 Å². The van der Waals surface area contributed by atoms with E-state index in [1.54, 1.807) is 0 Å². The van der Waals surface area contributed by atoms with Crippen LogP contribution in [-0.2, 0) is 12.7 Å². The lowest BCUT2D eigenvalue weighted by molar-refractivity contribution is -0.144. The fourth-order valence-electron chi connectivity index (χ4n) is 0.754. The number of aliphatic imine (C=N–C) groups is 1. The Bertz CT molecular complexity index is 354. The standard InChI is InChI=1S/C6H9F3N6/c1-11-5(10)12-2-3-13-4(15-14-3)6(7,8)9/h2H2,1H3,(H3,10,11,12)(H,13,14,15). The maximum absolute atomic E-state index is 12.1. The highest BCUT2D eigenvalue weighted by atomic mass is 19.4. The zero-order valence-corrected chi connectivity index (χ0v) is 7.76. The van der Waals surface area contributed by atoms with Crippen LogP contribution in [0.5, 0.6) is 0 Å². The van der Waals surface area contributed by atoms with Crippen molar-refractivity contribution < 1.29 is 13.2 Å². The highest BCUT2D eigenvalue weighted by Crippen LogP contribution is 2.25. The number of hydrogen-bond acceptors (Lipinski definition) is 3. The summed E-state index contributed by atoms with van der Waals surface area (Å²) in [4.78, 5) is 6.78. The van der Waals surface area contributed by atoms with Crippen LogP contribution in [-0.4, -0.2) is 28.2 Å². The van der Waals surface area contributed by atoms with Gasteiger partial charge in [0.05, 0.1) is 6.54 Å². The molecular formula is C6H9F3N6. The second-order valence-corrected chi connectivity index (χ2v) is 2.57. The molecule has 0 aliphatic carbocycles. The molecule has 0 saturated heterocycles. The van der Waals surface area contributed by atoms with Crippen LogP contribution in [0, 0.1) is 0 Å². The van der Waals surface area contributed by atoms with Crippen molar-refractivity contribution in [1.82, 2.24) is 20.5 Å². The van der Waals surface area contributed by atoms with Crippen molar-refractivity contribution in [3.63, 3.8) is 0 Å². The Morgan fingerprint density at radius 3 is 2.73 bits per heavy atom. The summed E-state index contributed by atoms with van der Waals surface area (Å²) in [7, 11) is 1.45. The van der Waals surface area contributed by atoms with E-state index < -0.39 is 12.0 Å². The summed E-state index contributed by atoms with van der Waals surface area (Å²) in [6, 6.07) is 0. The Labute approximate surface area is 82.8 Å². The van der Waals surface area contributed by atoms with Crippen LogP contribution in [0.25, 0.3) is 0 Å². The average molecular weight is 222 g/mol. The molecule has 6 nitrogen and oxygen atoms in total. The third kappa shape index (κ3) is 3.11. The Morgan fingerprint density at radius 2 is 2.27 bits per heavy atom. The Balaban J connectivity index is 2.62. The summed E-state index contributed by atoms with van der Waals surface area (Å²) in [5, 5.41) is 7.69. The van der Waals surface area contributed by atoms with E-state index in [9.17, 15) is 13.2 Å². The van der Waals surface area contributed by atoms with E-state index in [0.29, 0.717) is 0 Å². The predicted octanol–water partition coefficient (Wildman–Crippen LogP) is -0.142. The van der Waals surface area contributed by atoms with Gasteiger partial charge in [0, 0.05) is 7.05 Å². The molecule has 9 heteroatoms. The smallest absolute Gasteiger partial charge is 0.370 e. The van der Waals surface area contributed by atoms with Gasteiger partial charge in [-0.15, -0.1) is 5.10 Å². The zero-order chi connectivity index (χ0) is 11.5. The van der Waals surface area contributed by atoms with Gasteiger partial charge in [-0.1, -0.05) is 0 Å². The van der Waals surface area contributed by atoms with Gasteiger partial charge in [-0.05, 0) is 0 Å². The number of halogens is 3. The monoisotopic (exact) mass is 222 g/mol. The molecule has 1 aromatic rings. The van der Waals surface area contributed by atoms with Gasteiger partial charge in [-0.25, -0.2) is 4.98 Å². The van der Waals surface area contributed by atoms with Crippen LogP contribution < -0.4 is 11.1 Å². The number of aromatic nitrogens is 3. The minimum Gasteiger partial charge on any atom is -0.370 e. The van der Waals surface area contributed by atoms with Gasteiger partial charge in [0.1, 0.15) is 5.82 Å². The molecule has 0 amide bonds. The van der Waals surface area contributed by atoms with Crippen LogP contribution in [0.15, 0.2) is 4.99 Å². The lowest BCUT2D eigenvalue weighted by atomic mass is 10.5. The molecule has 0 bridgehead atoms. The van der Waals surface area contributed by atoms with E-state index in [4.69, 9.17) is 5.73 Å². The highest BCUT2D eigenvalue weighted by Gasteiger charge is 2.35. The Morgan fingerprint density at radius 1 is 1.60 bits per heavy atom. The first-order valence-corrected chi connectivity index (χ1v) is 3.88. The molecule has 1 rings (SSSR count). The molecule has 0 aromatic carbocycles. The van der Waals surface area contributed by atoms with Crippen molar-refractivity contribution in [2.24, 2.45) is 10.7 Å². The normalized spacial score (nSPS) is 12.9. The number of nitrogens with one attached hydrogen (secondary N) is 2. The molecule has 0 radical (unpaired) electrons. The topological polar surface area (TPSA) is 92.0 Å². The third-order valence-corrected chi connectivity index (χ3v) is 1.46. The van der Waals surface area contributed by atoms with Crippen LogP contribution >= 0.6 is 0 Å². The number of alkyl halides is 3. The molecule has 1 aromatic heterocycles. The van der Waals surface area contributed by atoms with Crippen LogP contribution in [0.4, 0.5) is 13.2 Å². The summed E-state index contributed by atoms with van der Waals surface area (Å²) in [6.45, 7) is 0.00620. The number of aromatic amines is 1. The number of nitrogens with zero attached hydrogens (tertiary/aromatic N) is 3. The second kappa shape index (κ2) is 4.15. The Kier molecular flexibility index (Phi) is 3.12. The van der Waals surface area contributed by atoms with Crippen LogP contribution in [0.3, 0.4) is 0 Å². The first-order valence-electron chi connectivity index (χ1n) is 3.88. The van der Waals surface area contributed by atoms with Gasteiger partial charge < -0.3 is 11.1 Å². The fourth-order valence-corrected chi connectivity index (χ4v) is 0.754. The first kappa shape index (κ1) is 11.3. The molecule has 0 aliphatic rings. The van der Waals surface area contributed by atoms with Crippen LogP contribution in [0.1, 0.15) is 11.6 Å². The molecule has 0 aliphatic heterocycles. The second-order valence-electron chi connectivity index (χ2n) is 2.57. The third-order valence-electron chi connectivity index (χ3n) is 1.46. The largest absolute Gasteiger partial charge is 0.453 e. The molecule has 1 heterocycles. The van der Waals surface area contributed by atoms with Gasteiger partial charge in [-0.3, -0.25) is 10.1 Å². The molecule has 0 spiro atoms. The average Bonchev–Trinajstić information content (AvgIpc) is 2.61. The van der Waals surface area contributed by atoms with Crippen molar-refractivity contribution in [2.45, 2.75) is 12.7 Å². The fraction of sp³-hybridized carbons (Fsp3) is 0.500. The maximum Gasteiger partial charge on any atom is 0.453 e. The van der Waals surface area contributed by atoms with E-state index >= 15 is 0 Å². The number of rotatable bonds is 2. The first-order chi connectivity index (χ1) is 6.93. The number of H-pyrrole nitrogens is 1. The zero-order valence-electron chi connectivity index (χ0n) is 7.76. The minimum atomic E-state index is -4.54.